The van der Waals surface area contributed by atoms with E-state index in [2.05, 4.69) is 15.1 Å². The Kier molecular flexibility index (Phi) is 5.17. The molecule has 0 aliphatic heterocycles. The van der Waals surface area contributed by atoms with Gasteiger partial charge in [0.25, 0.3) is 0 Å². The molecule has 0 aliphatic carbocycles. The van der Waals surface area contributed by atoms with Gasteiger partial charge in [-0.2, -0.15) is 0 Å². The molecule has 0 N–H and O–H groups in total. The molecular weight excluding hydrogens is 410 g/mol. The van der Waals surface area contributed by atoms with Crippen LogP contribution in [0.1, 0.15) is 26.8 Å². The summed E-state index contributed by atoms with van der Waals surface area (Å²) in [6.07, 6.45) is 3.45. The summed E-state index contributed by atoms with van der Waals surface area (Å²) in [5, 5.41) is 4.95. The Hall–Kier alpha value is -3.03. The van der Waals surface area contributed by atoms with Gasteiger partial charge < -0.3 is 9.26 Å². The van der Waals surface area contributed by atoms with E-state index in [0.717, 1.165) is 22.4 Å². The van der Waals surface area contributed by atoms with Gasteiger partial charge in [0.2, 0.25) is 0 Å². The number of hydrogen-bond acceptors (Lipinski definition) is 7. The quantitative estimate of drug-likeness (QED) is 0.310. The number of halogens is 1. The van der Waals surface area contributed by atoms with E-state index >= 15 is 0 Å². The Labute approximate surface area is 176 Å². The van der Waals surface area contributed by atoms with Crippen molar-refractivity contribution in [3.8, 4) is 27.4 Å². The fourth-order valence-electron chi connectivity index (χ4n) is 2.92. The zero-order valence-corrected chi connectivity index (χ0v) is 17.5. The normalized spacial score (nSPS) is 10.9. The minimum atomic E-state index is -0.506. The molecule has 4 aromatic rings. The number of aromatic nitrogens is 3. The number of nitrogens with zero attached hydrogens (tertiary/aromatic N) is 3. The topological polar surface area (TPSA) is 78.1 Å². The van der Waals surface area contributed by atoms with E-state index < -0.39 is 5.97 Å². The molecule has 0 saturated heterocycles. The molecule has 0 spiro atoms. The Bertz CT molecular complexity index is 1180. The number of pyridine rings is 1. The first-order chi connectivity index (χ1) is 13.9. The molecule has 8 heteroatoms. The van der Waals surface area contributed by atoms with Gasteiger partial charge in [0.15, 0.2) is 0 Å². The predicted octanol–water partition coefficient (Wildman–Crippen LogP) is 5.66. The molecule has 4 rings (SSSR count). The fraction of sp³-hybridized carbons (Fsp3) is 0.143. The molecule has 0 bridgehead atoms. The van der Waals surface area contributed by atoms with Crippen LogP contribution in [-0.4, -0.2) is 21.1 Å². The van der Waals surface area contributed by atoms with E-state index in [-0.39, 0.29) is 5.75 Å². The van der Waals surface area contributed by atoms with E-state index in [4.69, 9.17) is 20.9 Å². The van der Waals surface area contributed by atoms with Crippen molar-refractivity contribution in [2.45, 2.75) is 20.8 Å². The second-order valence-corrected chi connectivity index (χ2v) is 7.82. The van der Waals surface area contributed by atoms with Crippen molar-refractivity contribution >= 4 is 28.9 Å². The van der Waals surface area contributed by atoms with Crippen LogP contribution in [0, 0.1) is 20.8 Å². The first-order valence-electron chi connectivity index (χ1n) is 8.77. The van der Waals surface area contributed by atoms with Gasteiger partial charge in [-0.3, -0.25) is 4.98 Å². The Balaban J connectivity index is 1.59. The van der Waals surface area contributed by atoms with Crippen LogP contribution < -0.4 is 4.74 Å². The average Bonchev–Trinajstić information content (AvgIpc) is 3.25. The van der Waals surface area contributed by atoms with Gasteiger partial charge in [-0.25, -0.2) is 9.78 Å². The zero-order chi connectivity index (χ0) is 20.5. The largest absolute Gasteiger partial charge is 0.421 e. The number of aryl methyl sites for hydroxylation is 3. The number of benzene rings is 1. The number of carbonyl (C=O) groups is 1. The van der Waals surface area contributed by atoms with E-state index in [1.165, 1.54) is 11.3 Å². The van der Waals surface area contributed by atoms with Crippen LogP contribution in [0.2, 0.25) is 5.02 Å². The third-order valence-corrected chi connectivity index (χ3v) is 5.81. The second-order valence-electron chi connectivity index (χ2n) is 6.41. The van der Waals surface area contributed by atoms with Gasteiger partial charge in [0, 0.05) is 18.0 Å². The molecule has 0 aliphatic rings. The van der Waals surface area contributed by atoms with Crippen LogP contribution >= 0.6 is 22.9 Å². The Morgan fingerprint density at radius 1 is 1.14 bits per heavy atom. The lowest BCUT2D eigenvalue weighted by Gasteiger charge is -2.08. The summed E-state index contributed by atoms with van der Waals surface area (Å²) in [7, 11) is 0. The maximum atomic E-state index is 12.7. The monoisotopic (exact) mass is 425 g/mol. The lowest BCUT2D eigenvalue weighted by atomic mass is 10.1. The van der Waals surface area contributed by atoms with E-state index in [0.29, 0.717) is 26.4 Å². The standard InChI is InChI=1S/C21H16ClN3O3S/c1-11-18(13(3)28-25-11)20-24-12(2)19(29-20)21(26)27-17-7-6-14(9-16(17)22)15-5-4-8-23-10-15/h4-10H,1-3H3. The van der Waals surface area contributed by atoms with Gasteiger partial charge in [0.05, 0.1) is 22.0 Å². The van der Waals surface area contributed by atoms with Gasteiger partial charge in [-0.1, -0.05) is 28.9 Å². The molecule has 3 aromatic heterocycles. The third kappa shape index (κ3) is 3.79. The number of hydrogen-bond donors (Lipinski definition) is 0. The van der Waals surface area contributed by atoms with Gasteiger partial charge in [-0.05, 0) is 44.5 Å². The number of ether oxygens (including phenoxy) is 1. The molecule has 0 fully saturated rings. The van der Waals surface area contributed by atoms with E-state index in [1.54, 1.807) is 31.5 Å². The molecule has 0 radical (unpaired) electrons. The van der Waals surface area contributed by atoms with E-state index in [1.807, 2.05) is 32.0 Å². The number of carbonyl (C=O) groups excluding carboxylic acids is 1. The fourth-order valence-corrected chi connectivity index (χ4v) is 4.23. The first kappa shape index (κ1) is 19.3. The molecule has 0 saturated carbocycles. The highest BCUT2D eigenvalue weighted by molar-refractivity contribution is 7.17. The number of esters is 1. The average molecular weight is 426 g/mol. The van der Waals surface area contributed by atoms with E-state index in [9.17, 15) is 4.79 Å². The SMILES string of the molecule is Cc1nc(-c2c(C)noc2C)sc1C(=O)Oc1ccc(-c2cccnc2)cc1Cl. The van der Waals surface area contributed by atoms with Gasteiger partial charge in [-0.15, -0.1) is 11.3 Å². The summed E-state index contributed by atoms with van der Waals surface area (Å²) in [5.41, 5.74) is 3.92. The van der Waals surface area contributed by atoms with Gasteiger partial charge >= 0.3 is 5.97 Å². The van der Waals surface area contributed by atoms with Crippen molar-refractivity contribution in [2.75, 3.05) is 0 Å². The number of rotatable bonds is 4. The maximum absolute atomic E-state index is 12.7. The molecular formula is C21H16ClN3O3S. The molecule has 0 atom stereocenters. The van der Waals surface area contributed by atoms with Crippen LogP contribution in [-0.2, 0) is 0 Å². The second kappa shape index (κ2) is 7.77. The van der Waals surface area contributed by atoms with Crippen LogP contribution in [0.4, 0.5) is 0 Å². The highest BCUT2D eigenvalue weighted by Gasteiger charge is 2.22. The Morgan fingerprint density at radius 2 is 1.97 bits per heavy atom. The predicted molar refractivity (Wildman–Crippen MR) is 111 cm³/mol. The van der Waals surface area contributed by atoms with Crippen molar-refractivity contribution in [2.24, 2.45) is 0 Å². The van der Waals surface area contributed by atoms with Crippen LogP contribution in [0.5, 0.6) is 5.75 Å². The molecule has 0 unspecified atom stereocenters. The zero-order valence-electron chi connectivity index (χ0n) is 15.9. The molecule has 146 valence electrons. The summed E-state index contributed by atoms with van der Waals surface area (Å²) < 4.78 is 10.7. The summed E-state index contributed by atoms with van der Waals surface area (Å²) in [5.74, 6) is 0.440. The van der Waals surface area contributed by atoms with Crippen LogP contribution in [0.25, 0.3) is 21.7 Å². The lowest BCUT2D eigenvalue weighted by Crippen LogP contribution is -2.08. The molecule has 0 amide bonds. The maximum Gasteiger partial charge on any atom is 0.355 e. The lowest BCUT2D eigenvalue weighted by molar-refractivity contribution is 0.0739. The number of thiazole rings is 1. The highest BCUT2D eigenvalue weighted by atomic mass is 35.5. The summed E-state index contributed by atoms with van der Waals surface area (Å²) in [4.78, 5) is 21.7. The van der Waals surface area contributed by atoms with Crippen molar-refractivity contribution in [3.63, 3.8) is 0 Å². The third-order valence-electron chi connectivity index (χ3n) is 4.36. The molecule has 29 heavy (non-hydrogen) atoms. The molecule has 1 aromatic carbocycles. The van der Waals surface area contributed by atoms with Gasteiger partial charge in [0.1, 0.15) is 21.4 Å². The van der Waals surface area contributed by atoms with Crippen molar-refractivity contribution < 1.29 is 14.1 Å². The molecule has 6 nitrogen and oxygen atoms in total. The van der Waals surface area contributed by atoms with Crippen LogP contribution in [0.3, 0.4) is 0 Å². The highest BCUT2D eigenvalue weighted by Crippen LogP contribution is 2.34. The Morgan fingerprint density at radius 3 is 2.62 bits per heavy atom. The summed E-state index contributed by atoms with van der Waals surface area (Å²) in [6, 6.07) is 9.03. The molecule has 3 heterocycles. The summed E-state index contributed by atoms with van der Waals surface area (Å²) >= 11 is 7.59. The van der Waals surface area contributed by atoms with Crippen LogP contribution in [0.15, 0.2) is 47.2 Å². The minimum absolute atomic E-state index is 0.288. The minimum Gasteiger partial charge on any atom is -0.421 e. The van der Waals surface area contributed by atoms with Crippen molar-refractivity contribution in [1.82, 2.24) is 15.1 Å². The summed E-state index contributed by atoms with van der Waals surface area (Å²) in [6.45, 7) is 5.42. The first-order valence-corrected chi connectivity index (χ1v) is 9.96. The van der Waals surface area contributed by atoms with Crippen molar-refractivity contribution in [3.05, 3.63) is 69.8 Å². The van der Waals surface area contributed by atoms with Crippen molar-refractivity contribution in [1.29, 1.82) is 0 Å². The smallest absolute Gasteiger partial charge is 0.355 e.